The summed E-state index contributed by atoms with van der Waals surface area (Å²) in [6, 6.07) is 0.338. The zero-order valence-electron chi connectivity index (χ0n) is 5.29. The molecule has 1 N–H and O–H groups in total. The van der Waals surface area contributed by atoms with Crippen molar-refractivity contribution in [3.63, 3.8) is 0 Å². The lowest BCUT2D eigenvalue weighted by atomic mass is 10.0. The first-order chi connectivity index (χ1) is 4.88. The molecule has 0 saturated carbocycles. The Kier molecular flexibility index (Phi) is 1.27. The molecular formula is C7H7ClN2. The SMILES string of the molecule is ClC1=NC=CC2NC=CC12. The van der Waals surface area contributed by atoms with Crippen molar-refractivity contribution >= 4 is 16.8 Å². The van der Waals surface area contributed by atoms with Crippen LogP contribution in [0.4, 0.5) is 0 Å². The molecule has 2 unspecified atom stereocenters. The molecule has 52 valence electrons. The Morgan fingerprint density at radius 3 is 3.20 bits per heavy atom. The maximum absolute atomic E-state index is 5.83. The second kappa shape index (κ2) is 2.13. The molecule has 0 aromatic carbocycles. The van der Waals surface area contributed by atoms with Crippen LogP contribution in [0, 0.1) is 5.92 Å². The molecule has 10 heavy (non-hydrogen) atoms. The van der Waals surface area contributed by atoms with Crippen LogP contribution in [0.15, 0.2) is 29.5 Å². The zero-order valence-corrected chi connectivity index (χ0v) is 6.05. The molecule has 0 amide bonds. The van der Waals surface area contributed by atoms with E-state index in [9.17, 15) is 0 Å². The van der Waals surface area contributed by atoms with E-state index in [0.717, 1.165) is 0 Å². The molecule has 0 saturated heterocycles. The fourth-order valence-electron chi connectivity index (χ4n) is 1.19. The van der Waals surface area contributed by atoms with Crippen molar-refractivity contribution in [2.75, 3.05) is 0 Å². The first kappa shape index (κ1) is 5.98. The van der Waals surface area contributed by atoms with Crippen LogP contribution < -0.4 is 5.32 Å². The molecule has 2 rings (SSSR count). The number of hydrogen-bond acceptors (Lipinski definition) is 2. The standard InChI is InChI=1S/C7H7ClN2/c8-7-5-1-3-9-6(5)2-4-10-7/h1-6,9H. The molecule has 0 bridgehead atoms. The van der Waals surface area contributed by atoms with Gasteiger partial charge in [0.15, 0.2) is 0 Å². The van der Waals surface area contributed by atoms with Crippen molar-refractivity contribution in [3.8, 4) is 0 Å². The van der Waals surface area contributed by atoms with E-state index in [0.29, 0.717) is 11.2 Å². The highest BCUT2D eigenvalue weighted by molar-refractivity contribution is 6.66. The molecule has 2 atom stereocenters. The van der Waals surface area contributed by atoms with Crippen LogP contribution in [0.5, 0.6) is 0 Å². The monoisotopic (exact) mass is 154 g/mol. The fraction of sp³-hybridized carbons (Fsp3) is 0.286. The molecule has 0 aromatic heterocycles. The topological polar surface area (TPSA) is 24.4 Å². The molecule has 0 radical (unpaired) electrons. The number of halogens is 1. The first-order valence-electron chi connectivity index (χ1n) is 3.20. The largest absolute Gasteiger partial charge is 0.384 e. The Hall–Kier alpha value is -0.760. The third-order valence-electron chi connectivity index (χ3n) is 1.75. The molecule has 2 aliphatic heterocycles. The first-order valence-corrected chi connectivity index (χ1v) is 3.58. The number of nitrogens with zero attached hydrogens (tertiary/aromatic N) is 1. The minimum atomic E-state index is 0.270. The molecule has 3 heteroatoms. The smallest absolute Gasteiger partial charge is 0.115 e. The minimum Gasteiger partial charge on any atom is -0.384 e. The molecule has 2 aliphatic rings. The van der Waals surface area contributed by atoms with Gasteiger partial charge in [0, 0.05) is 6.20 Å². The van der Waals surface area contributed by atoms with Crippen molar-refractivity contribution in [1.82, 2.24) is 5.32 Å². The molecule has 0 fully saturated rings. The van der Waals surface area contributed by atoms with Crippen molar-refractivity contribution < 1.29 is 0 Å². The van der Waals surface area contributed by atoms with Gasteiger partial charge in [-0.2, -0.15) is 0 Å². The molecule has 2 nitrogen and oxygen atoms in total. The van der Waals surface area contributed by atoms with Gasteiger partial charge in [0.2, 0.25) is 0 Å². The third kappa shape index (κ3) is 0.762. The molecular weight excluding hydrogens is 148 g/mol. The van der Waals surface area contributed by atoms with Gasteiger partial charge in [0.05, 0.1) is 12.0 Å². The average Bonchev–Trinajstić information content (AvgIpc) is 2.36. The summed E-state index contributed by atoms with van der Waals surface area (Å²) >= 11 is 5.83. The van der Waals surface area contributed by atoms with Crippen molar-refractivity contribution in [2.24, 2.45) is 10.9 Å². The predicted octanol–water partition coefficient (Wildman–Crippen LogP) is 1.25. The molecule has 2 heterocycles. The van der Waals surface area contributed by atoms with Gasteiger partial charge in [-0.05, 0) is 12.3 Å². The maximum Gasteiger partial charge on any atom is 0.115 e. The summed E-state index contributed by atoms with van der Waals surface area (Å²) in [6.07, 6.45) is 7.70. The fourth-order valence-corrected chi connectivity index (χ4v) is 1.45. The Morgan fingerprint density at radius 1 is 1.50 bits per heavy atom. The van der Waals surface area contributed by atoms with E-state index in [1.165, 1.54) is 0 Å². The van der Waals surface area contributed by atoms with Crippen molar-refractivity contribution in [1.29, 1.82) is 0 Å². The van der Waals surface area contributed by atoms with Gasteiger partial charge in [-0.25, -0.2) is 4.99 Å². The van der Waals surface area contributed by atoms with E-state index in [1.807, 2.05) is 18.4 Å². The van der Waals surface area contributed by atoms with Gasteiger partial charge < -0.3 is 5.32 Å². The summed E-state index contributed by atoms with van der Waals surface area (Å²) in [7, 11) is 0. The Bertz CT molecular complexity index is 230. The third-order valence-corrected chi connectivity index (χ3v) is 2.10. The summed E-state index contributed by atoms with van der Waals surface area (Å²) in [4.78, 5) is 3.98. The van der Waals surface area contributed by atoms with E-state index >= 15 is 0 Å². The maximum atomic E-state index is 5.83. The predicted molar refractivity (Wildman–Crippen MR) is 42.0 cm³/mol. The minimum absolute atomic E-state index is 0.270. The number of nitrogens with one attached hydrogen (secondary N) is 1. The van der Waals surface area contributed by atoms with Crippen LogP contribution in [-0.2, 0) is 0 Å². The van der Waals surface area contributed by atoms with E-state index in [4.69, 9.17) is 11.6 Å². The highest BCUT2D eigenvalue weighted by atomic mass is 35.5. The summed E-state index contributed by atoms with van der Waals surface area (Å²) in [5, 5.41) is 3.83. The van der Waals surface area contributed by atoms with Crippen LogP contribution in [0.1, 0.15) is 0 Å². The van der Waals surface area contributed by atoms with Gasteiger partial charge in [0.1, 0.15) is 5.17 Å². The highest BCUT2D eigenvalue weighted by Gasteiger charge is 2.25. The number of hydrogen-bond donors (Lipinski definition) is 1. The summed E-state index contributed by atoms with van der Waals surface area (Å²) in [5.74, 6) is 0.270. The summed E-state index contributed by atoms with van der Waals surface area (Å²) in [6.45, 7) is 0. The van der Waals surface area contributed by atoms with Crippen molar-refractivity contribution in [3.05, 3.63) is 24.6 Å². The quantitative estimate of drug-likeness (QED) is 0.558. The van der Waals surface area contributed by atoms with Crippen LogP contribution in [-0.4, -0.2) is 11.2 Å². The lowest BCUT2D eigenvalue weighted by molar-refractivity contribution is 0.678. The van der Waals surface area contributed by atoms with Crippen LogP contribution in [0.25, 0.3) is 0 Å². The normalized spacial score (nSPS) is 35.1. The molecule has 0 aromatic rings. The summed E-state index contributed by atoms with van der Waals surface area (Å²) in [5.41, 5.74) is 0. The number of fused-ring (bicyclic) bond motifs is 1. The summed E-state index contributed by atoms with van der Waals surface area (Å²) < 4.78 is 0. The number of aliphatic imine (C=N–C) groups is 1. The van der Waals surface area contributed by atoms with E-state index in [2.05, 4.69) is 10.3 Å². The zero-order chi connectivity index (χ0) is 6.97. The van der Waals surface area contributed by atoms with Crippen LogP contribution >= 0.6 is 11.6 Å². The van der Waals surface area contributed by atoms with Gasteiger partial charge >= 0.3 is 0 Å². The second-order valence-electron chi connectivity index (χ2n) is 2.37. The lowest BCUT2D eigenvalue weighted by Gasteiger charge is -2.16. The van der Waals surface area contributed by atoms with Gasteiger partial charge in [-0.1, -0.05) is 17.7 Å². The van der Waals surface area contributed by atoms with Crippen LogP contribution in [0.2, 0.25) is 0 Å². The highest BCUT2D eigenvalue weighted by Crippen LogP contribution is 2.20. The van der Waals surface area contributed by atoms with E-state index < -0.39 is 0 Å². The molecule has 0 aliphatic carbocycles. The van der Waals surface area contributed by atoms with Gasteiger partial charge in [-0.15, -0.1) is 0 Å². The Morgan fingerprint density at radius 2 is 2.40 bits per heavy atom. The van der Waals surface area contributed by atoms with E-state index in [1.54, 1.807) is 6.20 Å². The Labute approximate surface area is 64.3 Å². The number of rotatable bonds is 0. The second-order valence-corrected chi connectivity index (χ2v) is 2.76. The Balaban J connectivity index is 2.30. The van der Waals surface area contributed by atoms with Crippen molar-refractivity contribution in [2.45, 2.75) is 6.04 Å². The van der Waals surface area contributed by atoms with Gasteiger partial charge in [0.25, 0.3) is 0 Å². The van der Waals surface area contributed by atoms with Crippen LogP contribution in [0.3, 0.4) is 0 Å². The van der Waals surface area contributed by atoms with E-state index in [-0.39, 0.29) is 5.92 Å². The average molecular weight is 155 g/mol. The van der Waals surface area contributed by atoms with Gasteiger partial charge in [-0.3, -0.25) is 0 Å². The lowest BCUT2D eigenvalue weighted by Crippen LogP contribution is -2.29. The molecule has 0 spiro atoms.